The molecule has 0 spiro atoms. The SMILES string of the molecule is CC(C)N(Cc1ccc(C#N)cc1)C(=O)[C@H]1CCCN(C(=O)OC(C)(C)C)C1. The number of hydrogen-bond donors (Lipinski definition) is 0. The Morgan fingerprint density at radius 1 is 1.29 bits per heavy atom. The average Bonchev–Trinajstić information content (AvgIpc) is 2.64. The Balaban J connectivity index is 2.07. The number of rotatable bonds is 4. The van der Waals surface area contributed by atoms with Crippen molar-refractivity contribution in [3.63, 3.8) is 0 Å². The summed E-state index contributed by atoms with van der Waals surface area (Å²) in [5, 5.41) is 8.94. The van der Waals surface area contributed by atoms with Crippen LogP contribution in [0.5, 0.6) is 0 Å². The largest absolute Gasteiger partial charge is 0.444 e. The topological polar surface area (TPSA) is 73.6 Å². The van der Waals surface area contributed by atoms with E-state index in [0.29, 0.717) is 25.2 Å². The van der Waals surface area contributed by atoms with Gasteiger partial charge in [-0.3, -0.25) is 4.79 Å². The lowest BCUT2D eigenvalue weighted by atomic mass is 9.96. The fraction of sp³-hybridized carbons (Fsp3) is 0.591. The predicted octanol–water partition coefficient (Wildman–Crippen LogP) is 3.94. The Kier molecular flexibility index (Phi) is 7.06. The van der Waals surface area contributed by atoms with Gasteiger partial charge in [-0.1, -0.05) is 12.1 Å². The summed E-state index contributed by atoms with van der Waals surface area (Å²) in [7, 11) is 0. The maximum atomic E-state index is 13.2. The van der Waals surface area contributed by atoms with Crippen molar-refractivity contribution in [3.05, 3.63) is 35.4 Å². The summed E-state index contributed by atoms with van der Waals surface area (Å²) in [6.07, 6.45) is 1.21. The lowest BCUT2D eigenvalue weighted by Crippen LogP contribution is -2.49. The summed E-state index contributed by atoms with van der Waals surface area (Å²) < 4.78 is 5.47. The fourth-order valence-corrected chi connectivity index (χ4v) is 3.30. The van der Waals surface area contributed by atoms with E-state index in [-0.39, 0.29) is 24.0 Å². The molecule has 2 rings (SSSR count). The van der Waals surface area contributed by atoms with E-state index in [1.54, 1.807) is 17.0 Å². The molecule has 0 saturated carbocycles. The number of ether oxygens (including phenoxy) is 1. The monoisotopic (exact) mass is 385 g/mol. The van der Waals surface area contributed by atoms with E-state index in [1.807, 2.05) is 51.7 Å². The van der Waals surface area contributed by atoms with Gasteiger partial charge in [0, 0.05) is 25.7 Å². The summed E-state index contributed by atoms with van der Waals surface area (Å²) >= 11 is 0. The number of nitriles is 1. The van der Waals surface area contributed by atoms with Crippen LogP contribution in [0.2, 0.25) is 0 Å². The Labute approximate surface area is 168 Å². The second-order valence-electron chi connectivity index (χ2n) is 8.63. The molecule has 6 heteroatoms. The number of likely N-dealkylation sites (tertiary alicyclic amines) is 1. The number of carbonyl (C=O) groups is 2. The first-order chi connectivity index (χ1) is 13.1. The average molecular weight is 386 g/mol. The molecule has 1 aliphatic rings. The van der Waals surface area contributed by atoms with Crippen LogP contribution in [-0.2, 0) is 16.1 Å². The minimum Gasteiger partial charge on any atom is -0.444 e. The van der Waals surface area contributed by atoms with Crippen LogP contribution in [0.1, 0.15) is 58.6 Å². The molecule has 1 aliphatic heterocycles. The van der Waals surface area contributed by atoms with Gasteiger partial charge in [0.05, 0.1) is 17.6 Å². The molecule has 1 heterocycles. The van der Waals surface area contributed by atoms with E-state index in [4.69, 9.17) is 10.00 Å². The number of amides is 2. The molecule has 0 aliphatic carbocycles. The zero-order valence-electron chi connectivity index (χ0n) is 17.6. The molecule has 0 unspecified atom stereocenters. The second kappa shape index (κ2) is 9.09. The Hall–Kier alpha value is -2.55. The highest BCUT2D eigenvalue weighted by molar-refractivity contribution is 5.80. The highest BCUT2D eigenvalue weighted by Crippen LogP contribution is 2.23. The minimum absolute atomic E-state index is 0.0417. The third-order valence-corrected chi connectivity index (χ3v) is 4.76. The summed E-state index contributed by atoms with van der Waals surface area (Å²) in [5.41, 5.74) is 1.04. The van der Waals surface area contributed by atoms with Gasteiger partial charge in [0.1, 0.15) is 5.60 Å². The van der Waals surface area contributed by atoms with Gasteiger partial charge in [-0.2, -0.15) is 5.26 Å². The first kappa shape index (κ1) is 21.7. The molecule has 2 amide bonds. The van der Waals surface area contributed by atoms with Crippen molar-refractivity contribution in [2.24, 2.45) is 5.92 Å². The van der Waals surface area contributed by atoms with Crippen LogP contribution >= 0.6 is 0 Å². The lowest BCUT2D eigenvalue weighted by Gasteiger charge is -2.37. The van der Waals surface area contributed by atoms with E-state index < -0.39 is 5.60 Å². The van der Waals surface area contributed by atoms with Gasteiger partial charge in [-0.25, -0.2) is 4.79 Å². The molecule has 1 aromatic carbocycles. The van der Waals surface area contributed by atoms with E-state index in [0.717, 1.165) is 18.4 Å². The first-order valence-corrected chi connectivity index (χ1v) is 9.88. The number of benzene rings is 1. The zero-order valence-corrected chi connectivity index (χ0v) is 17.6. The van der Waals surface area contributed by atoms with Crippen molar-refractivity contribution >= 4 is 12.0 Å². The van der Waals surface area contributed by atoms with E-state index in [9.17, 15) is 9.59 Å². The normalized spacial score (nSPS) is 17.2. The van der Waals surface area contributed by atoms with Crippen molar-refractivity contribution in [1.29, 1.82) is 5.26 Å². The van der Waals surface area contributed by atoms with Crippen molar-refractivity contribution < 1.29 is 14.3 Å². The standard InChI is InChI=1S/C22H31N3O3/c1-16(2)25(14-18-10-8-17(13-23)9-11-18)20(26)19-7-6-12-24(15-19)21(27)28-22(3,4)5/h8-11,16,19H,6-7,12,14-15H2,1-5H3/t19-/m0/s1. The number of hydrogen-bond acceptors (Lipinski definition) is 4. The lowest BCUT2D eigenvalue weighted by molar-refractivity contribution is -0.139. The summed E-state index contributed by atoms with van der Waals surface area (Å²) in [6, 6.07) is 9.45. The van der Waals surface area contributed by atoms with Crippen LogP contribution in [-0.4, -0.2) is 46.5 Å². The predicted molar refractivity (Wildman–Crippen MR) is 107 cm³/mol. The van der Waals surface area contributed by atoms with Gasteiger partial charge in [-0.05, 0) is 65.2 Å². The number of carbonyl (C=O) groups excluding carboxylic acids is 2. The van der Waals surface area contributed by atoms with Crippen molar-refractivity contribution in [3.8, 4) is 6.07 Å². The van der Waals surface area contributed by atoms with Gasteiger partial charge in [0.25, 0.3) is 0 Å². The van der Waals surface area contributed by atoms with Gasteiger partial charge in [0.2, 0.25) is 5.91 Å². The van der Waals surface area contributed by atoms with Gasteiger partial charge >= 0.3 is 6.09 Å². The molecular formula is C22H31N3O3. The smallest absolute Gasteiger partial charge is 0.410 e. The van der Waals surface area contributed by atoms with Gasteiger partial charge in [0.15, 0.2) is 0 Å². The molecular weight excluding hydrogens is 354 g/mol. The Bertz CT molecular complexity index is 729. The van der Waals surface area contributed by atoms with Crippen LogP contribution in [0.15, 0.2) is 24.3 Å². The molecule has 0 aromatic heterocycles. The summed E-state index contributed by atoms with van der Waals surface area (Å²) in [4.78, 5) is 29.1. The van der Waals surface area contributed by atoms with Crippen LogP contribution in [0.25, 0.3) is 0 Å². The molecule has 0 N–H and O–H groups in total. The van der Waals surface area contributed by atoms with Crippen LogP contribution in [0.3, 0.4) is 0 Å². The van der Waals surface area contributed by atoms with Crippen LogP contribution in [0.4, 0.5) is 4.79 Å². The summed E-state index contributed by atoms with van der Waals surface area (Å²) in [5.74, 6) is -0.158. The highest BCUT2D eigenvalue weighted by atomic mass is 16.6. The Morgan fingerprint density at radius 2 is 1.93 bits per heavy atom. The molecule has 0 bridgehead atoms. The van der Waals surface area contributed by atoms with Crippen molar-refractivity contribution in [1.82, 2.24) is 9.80 Å². The second-order valence-corrected chi connectivity index (χ2v) is 8.63. The fourth-order valence-electron chi connectivity index (χ4n) is 3.30. The zero-order chi connectivity index (χ0) is 20.9. The maximum Gasteiger partial charge on any atom is 0.410 e. The first-order valence-electron chi connectivity index (χ1n) is 9.88. The highest BCUT2D eigenvalue weighted by Gasteiger charge is 2.33. The summed E-state index contributed by atoms with van der Waals surface area (Å²) in [6.45, 7) is 11.0. The van der Waals surface area contributed by atoms with Crippen molar-refractivity contribution in [2.75, 3.05) is 13.1 Å². The van der Waals surface area contributed by atoms with E-state index in [2.05, 4.69) is 6.07 Å². The van der Waals surface area contributed by atoms with E-state index in [1.165, 1.54) is 0 Å². The van der Waals surface area contributed by atoms with Crippen LogP contribution < -0.4 is 0 Å². The molecule has 1 fully saturated rings. The molecule has 152 valence electrons. The molecule has 6 nitrogen and oxygen atoms in total. The van der Waals surface area contributed by atoms with E-state index >= 15 is 0 Å². The third-order valence-electron chi connectivity index (χ3n) is 4.76. The minimum atomic E-state index is -0.548. The number of nitrogens with zero attached hydrogens (tertiary/aromatic N) is 3. The molecule has 1 atom stereocenters. The van der Waals surface area contributed by atoms with Gasteiger partial charge < -0.3 is 14.5 Å². The van der Waals surface area contributed by atoms with Gasteiger partial charge in [-0.15, -0.1) is 0 Å². The van der Waals surface area contributed by atoms with Crippen LogP contribution in [0, 0.1) is 17.2 Å². The molecule has 1 saturated heterocycles. The Morgan fingerprint density at radius 3 is 2.46 bits per heavy atom. The maximum absolute atomic E-state index is 13.2. The quantitative estimate of drug-likeness (QED) is 0.787. The molecule has 0 radical (unpaired) electrons. The molecule has 28 heavy (non-hydrogen) atoms. The number of piperidine rings is 1. The van der Waals surface area contributed by atoms with Crippen molar-refractivity contribution in [2.45, 2.75) is 65.6 Å². The molecule has 1 aromatic rings. The third kappa shape index (κ3) is 5.98.